The summed E-state index contributed by atoms with van der Waals surface area (Å²) in [5.41, 5.74) is 2.91. The zero-order valence-electron chi connectivity index (χ0n) is 37.7. The molecular weight excluding hydrogens is 597 g/mol. The summed E-state index contributed by atoms with van der Waals surface area (Å²) in [5.74, 6) is 0.876. The van der Waals surface area contributed by atoms with Gasteiger partial charge in [-0.3, -0.25) is 0 Å². The maximum atomic E-state index is 9.83. The summed E-state index contributed by atoms with van der Waals surface area (Å²) in [5, 5.41) is -0.439. The number of para-hydroxylation sites is 2. The summed E-state index contributed by atoms with van der Waals surface area (Å²) >= 11 is 0. The summed E-state index contributed by atoms with van der Waals surface area (Å²) in [6, 6.07) is 26.4. The van der Waals surface area contributed by atoms with Crippen molar-refractivity contribution >= 4 is 21.8 Å². The van der Waals surface area contributed by atoms with Gasteiger partial charge in [-0.15, -0.1) is 0 Å². The van der Waals surface area contributed by atoms with E-state index in [9.17, 15) is 4.11 Å². The molecule has 4 nitrogen and oxygen atoms in total. The SMILES string of the molecule is [2H]c1c([2H])c([2H])c(-n2c3c([2H])c([2H])c([2H])c([2H])c3c3c([2H])c([2H])c(-c4ccccc4-c4nc(-c5ccccc5)nc(-c5ccc(-c6ccccc6)cc5)n4)c([2H])c32)c([2H])c1[2H]. The molecule has 0 radical (unpaired) electrons. The molecule has 0 amide bonds. The number of hydrogen-bond acceptors (Lipinski definition) is 3. The van der Waals surface area contributed by atoms with Crippen LogP contribution in [0, 0.1) is 0 Å². The zero-order valence-corrected chi connectivity index (χ0v) is 25.7. The molecule has 0 N–H and O–H groups in total. The zero-order chi connectivity index (χ0) is 43.0. The standard InChI is InChI=1S/C45H30N4/c1-4-14-31(15-5-1)32-24-26-34(27-25-32)44-46-43(33-16-6-2-7-17-33)47-45(48-44)40-22-11-10-20-37(40)35-28-29-39-38-21-12-13-23-41(38)49(42(39)30-35)36-18-8-3-9-19-36/h1-30H/i3D,8D,9D,12D,13D,18D,19D,21D,23D,28D,29D,30D. The van der Waals surface area contributed by atoms with Crippen LogP contribution >= 0.6 is 0 Å². The molecule has 9 aromatic rings. The smallest absolute Gasteiger partial charge is 0.164 e. The molecule has 0 spiro atoms. The molecule has 0 fully saturated rings. The van der Waals surface area contributed by atoms with Crippen LogP contribution in [0.25, 0.3) is 83.9 Å². The molecule has 0 aliphatic rings. The van der Waals surface area contributed by atoms with E-state index in [1.165, 1.54) is 0 Å². The fourth-order valence-electron chi connectivity index (χ4n) is 5.91. The second-order valence-corrected chi connectivity index (χ2v) is 11.2. The summed E-state index contributed by atoms with van der Waals surface area (Å²) in [4.78, 5) is 14.7. The van der Waals surface area contributed by atoms with E-state index >= 15 is 0 Å². The third-order valence-electron chi connectivity index (χ3n) is 8.22. The highest BCUT2D eigenvalue weighted by molar-refractivity contribution is 6.10. The molecule has 4 heteroatoms. The monoisotopic (exact) mass is 638 g/mol. The van der Waals surface area contributed by atoms with Crippen molar-refractivity contribution in [2.24, 2.45) is 0 Å². The summed E-state index contributed by atoms with van der Waals surface area (Å²) in [6.45, 7) is 0. The van der Waals surface area contributed by atoms with E-state index in [1.807, 2.05) is 84.9 Å². The van der Waals surface area contributed by atoms with E-state index in [-0.39, 0.29) is 38.8 Å². The lowest BCUT2D eigenvalue weighted by atomic mass is 9.97. The molecule has 7 aromatic carbocycles. The van der Waals surface area contributed by atoms with E-state index in [0.717, 1.165) is 15.7 Å². The molecule has 230 valence electrons. The molecule has 2 heterocycles. The first-order chi connectivity index (χ1) is 29.3. The Bertz CT molecular complexity index is 3240. The van der Waals surface area contributed by atoms with E-state index < -0.39 is 78.2 Å². The Hall–Kier alpha value is -6.65. The normalized spacial score (nSPS) is 14.7. The second-order valence-electron chi connectivity index (χ2n) is 11.2. The third-order valence-corrected chi connectivity index (χ3v) is 8.22. The van der Waals surface area contributed by atoms with Crippen molar-refractivity contribution in [2.75, 3.05) is 0 Å². The van der Waals surface area contributed by atoms with Gasteiger partial charge in [0.25, 0.3) is 0 Å². The van der Waals surface area contributed by atoms with Crippen molar-refractivity contribution in [3.63, 3.8) is 0 Å². The molecule has 0 unspecified atom stereocenters. The van der Waals surface area contributed by atoms with Gasteiger partial charge >= 0.3 is 0 Å². The maximum Gasteiger partial charge on any atom is 0.164 e. The minimum Gasteiger partial charge on any atom is -0.309 e. The molecule has 0 atom stereocenters. The van der Waals surface area contributed by atoms with Gasteiger partial charge in [0.05, 0.1) is 27.5 Å². The molecule has 0 saturated carbocycles. The average Bonchev–Trinajstić information content (AvgIpc) is 3.65. The lowest BCUT2D eigenvalue weighted by molar-refractivity contribution is 1.07. The van der Waals surface area contributed by atoms with Crippen LogP contribution in [0.2, 0.25) is 0 Å². The minimum absolute atomic E-state index is 0.102. The Morgan fingerprint density at radius 2 is 0.918 bits per heavy atom. The molecule has 0 saturated heterocycles. The first-order valence-electron chi connectivity index (χ1n) is 21.5. The highest BCUT2D eigenvalue weighted by Gasteiger charge is 2.18. The number of aromatic nitrogens is 4. The molecule has 49 heavy (non-hydrogen) atoms. The Balaban J connectivity index is 1.35. The van der Waals surface area contributed by atoms with Crippen molar-refractivity contribution in [3.8, 4) is 62.1 Å². The fraction of sp³-hybridized carbons (Fsp3) is 0. The van der Waals surface area contributed by atoms with Gasteiger partial charge in [-0.1, -0.05) is 158 Å². The molecule has 0 aliphatic carbocycles. The van der Waals surface area contributed by atoms with E-state index in [4.69, 9.17) is 27.3 Å². The minimum atomic E-state index is -0.707. The highest BCUT2D eigenvalue weighted by atomic mass is 15.0. The molecule has 9 rings (SSSR count). The number of rotatable bonds is 6. The lowest BCUT2D eigenvalue weighted by Crippen LogP contribution is -2.01. The Kier molecular flexibility index (Phi) is 4.63. The van der Waals surface area contributed by atoms with Crippen LogP contribution in [0.1, 0.15) is 16.4 Å². The summed E-state index contributed by atoms with van der Waals surface area (Å²) in [7, 11) is 0. The maximum absolute atomic E-state index is 9.83. The van der Waals surface area contributed by atoms with E-state index in [1.54, 1.807) is 24.3 Å². The average molecular weight is 639 g/mol. The predicted octanol–water partition coefficient (Wildman–Crippen LogP) is 11.3. The first-order valence-corrected chi connectivity index (χ1v) is 15.5. The van der Waals surface area contributed by atoms with Gasteiger partial charge in [-0.25, -0.2) is 15.0 Å². The van der Waals surface area contributed by atoms with Gasteiger partial charge in [-0.05, 0) is 46.4 Å². The van der Waals surface area contributed by atoms with Gasteiger partial charge in [0.2, 0.25) is 0 Å². The molecule has 2 aromatic heterocycles. The topological polar surface area (TPSA) is 43.6 Å². The van der Waals surface area contributed by atoms with Gasteiger partial charge in [0.1, 0.15) is 0 Å². The van der Waals surface area contributed by atoms with Crippen molar-refractivity contribution in [3.05, 3.63) is 182 Å². The molecular formula is C45H30N4. The van der Waals surface area contributed by atoms with Gasteiger partial charge in [-0.2, -0.15) is 0 Å². The van der Waals surface area contributed by atoms with Crippen molar-refractivity contribution in [1.82, 2.24) is 19.5 Å². The third kappa shape index (κ3) is 5.26. The Morgan fingerprint density at radius 1 is 0.388 bits per heavy atom. The van der Waals surface area contributed by atoms with Crippen LogP contribution in [0.5, 0.6) is 0 Å². The predicted molar refractivity (Wildman–Crippen MR) is 201 cm³/mol. The Labute approximate surface area is 301 Å². The molecule has 0 aliphatic heterocycles. The van der Waals surface area contributed by atoms with Crippen LogP contribution in [-0.4, -0.2) is 19.5 Å². The summed E-state index contributed by atoms with van der Waals surface area (Å²) in [6.07, 6.45) is 0. The van der Waals surface area contributed by atoms with Crippen molar-refractivity contribution < 1.29 is 16.4 Å². The quantitative estimate of drug-likeness (QED) is 0.182. The van der Waals surface area contributed by atoms with Crippen LogP contribution in [0.4, 0.5) is 0 Å². The second kappa shape index (κ2) is 12.2. The van der Waals surface area contributed by atoms with Gasteiger partial charge in [0.15, 0.2) is 17.5 Å². The van der Waals surface area contributed by atoms with Crippen molar-refractivity contribution in [2.45, 2.75) is 0 Å². The van der Waals surface area contributed by atoms with Crippen LogP contribution < -0.4 is 0 Å². The Morgan fingerprint density at radius 3 is 1.65 bits per heavy atom. The van der Waals surface area contributed by atoms with Crippen LogP contribution in [0.3, 0.4) is 0 Å². The van der Waals surface area contributed by atoms with Crippen LogP contribution in [0.15, 0.2) is 182 Å². The van der Waals surface area contributed by atoms with E-state index in [0.29, 0.717) is 28.3 Å². The van der Waals surface area contributed by atoms with Gasteiger partial charge < -0.3 is 4.57 Å². The fourth-order valence-corrected chi connectivity index (χ4v) is 5.91. The lowest BCUT2D eigenvalue weighted by Gasteiger charge is -2.13. The number of hydrogen-bond donors (Lipinski definition) is 0. The largest absolute Gasteiger partial charge is 0.309 e. The number of benzene rings is 7. The summed E-state index contributed by atoms with van der Waals surface area (Å²) < 4.78 is 108. The van der Waals surface area contributed by atoms with E-state index in [2.05, 4.69) is 0 Å². The number of nitrogens with zero attached hydrogens (tertiary/aromatic N) is 4. The number of fused-ring (bicyclic) bond motifs is 3. The van der Waals surface area contributed by atoms with Gasteiger partial charge in [0, 0.05) is 33.2 Å². The highest BCUT2D eigenvalue weighted by Crippen LogP contribution is 2.38. The van der Waals surface area contributed by atoms with Crippen LogP contribution in [-0.2, 0) is 0 Å². The first kappa shape index (κ1) is 18.6. The molecule has 0 bridgehead atoms. The van der Waals surface area contributed by atoms with Crippen molar-refractivity contribution in [1.29, 1.82) is 0 Å².